The molecule has 3 aromatic rings. The molecule has 0 radical (unpaired) electrons. The molecule has 0 atom stereocenters. The molecule has 0 bridgehead atoms. The summed E-state index contributed by atoms with van der Waals surface area (Å²) in [6, 6.07) is 13.8. The van der Waals surface area contributed by atoms with E-state index in [9.17, 15) is 0 Å². The van der Waals surface area contributed by atoms with E-state index in [1.54, 1.807) is 12.1 Å². The minimum Gasteiger partial charge on any atom is -0.397 e. The van der Waals surface area contributed by atoms with E-state index in [2.05, 4.69) is 69.6 Å². The lowest BCUT2D eigenvalue weighted by Gasteiger charge is -2.27. The van der Waals surface area contributed by atoms with Gasteiger partial charge in [0, 0.05) is 10.0 Å². The van der Waals surface area contributed by atoms with Gasteiger partial charge in [-0.25, -0.2) is 0 Å². The summed E-state index contributed by atoms with van der Waals surface area (Å²) in [4.78, 5) is 0. The molecule has 0 aromatic heterocycles. The number of anilines is 1. The Bertz CT molecular complexity index is 1150. The van der Waals surface area contributed by atoms with Crippen molar-refractivity contribution in [2.45, 2.75) is 52.4 Å². The minimum atomic E-state index is -0.152. The maximum Gasteiger partial charge on any atom is 0.0629 e. The molecule has 0 unspecified atom stereocenters. The van der Waals surface area contributed by atoms with E-state index in [-0.39, 0.29) is 29.0 Å². The number of hydrogen-bond acceptors (Lipinski definition) is 1. The predicted molar refractivity (Wildman–Crippen MR) is 127 cm³/mol. The van der Waals surface area contributed by atoms with Gasteiger partial charge in [0.2, 0.25) is 0 Å². The zero-order valence-electron chi connectivity index (χ0n) is 20.5. The summed E-state index contributed by atoms with van der Waals surface area (Å²) in [5.41, 5.74) is 11.4. The fourth-order valence-electron chi connectivity index (χ4n) is 3.26. The van der Waals surface area contributed by atoms with Crippen LogP contribution in [0.1, 0.15) is 56.8 Å². The highest BCUT2D eigenvalue weighted by Gasteiger charge is 2.22. The fourth-order valence-corrected chi connectivity index (χ4v) is 3.62. The average Bonchev–Trinajstić information content (AvgIpc) is 2.66. The maximum atomic E-state index is 8.80. The molecule has 0 saturated carbocycles. The molecule has 146 valence electrons. The lowest BCUT2D eigenvalue weighted by atomic mass is 9.77. The van der Waals surface area contributed by atoms with Crippen LogP contribution in [0.5, 0.6) is 0 Å². The van der Waals surface area contributed by atoms with E-state index >= 15 is 0 Å². The van der Waals surface area contributed by atoms with Crippen molar-refractivity contribution in [1.29, 1.82) is 0 Å². The van der Waals surface area contributed by atoms with Gasteiger partial charge in [-0.15, -0.1) is 0 Å². The van der Waals surface area contributed by atoms with Crippen LogP contribution in [-0.2, 0) is 10.8 Å². The maximum absolute atomic E-state index is 8.80. The first-order chi connectivity index (χ1) is 14.2. The SMILES string of the molecule is [2H]c1cc(-c2ccc(C(C)(C)C)cc2C(C)(C)C)c([2H])c([2H])c1-c1cccc(Br)c1N. The molecule has 3 aromatic carbocycles. The summed E-state index contributed by atoms with van der Waals surface area (Å²) in [5, 5.41) is 0. The van der Waals surface area contributed by atoms with Crippen LogP contribution in [0.25, 0.3) is 22.3 Å². The van der Waals surface area contributed by atoms with E-state index in [4.69, 9.17) is 9.85 Å². The van der Waals surface area contributed by atoms with Crippen LogP contribution in [0, 0.1) is 0 Å². The van der Waals surface area contributed by atoms with E-state index in [1.807, 2.05) is 18.2 Å². The van der Waals surface area contributed by atoms with Crippen molar-refractivity contribution in [3.05, 3.63) is 76.2 Å². The number of para-hydroxylation sites is 1. The molecule has 0 aliphatic carbocycles. The molecule has 0 saturated heterocycles. The number of nitrogen functional groups attached to an aromatic ring is 1. The summed E-state index contributed by atoms with van der Waals surface area (Å²) in [7, 11) is 0. The van der Waals surface area contributed by atoms with Crippen LogP contribution in [0.4, 0.5) is 5.69 Å². The highest BCUT2D eigenvalue weighted by atomic mass is 79.9. The molecule has 0 heterocycles. The average molecular weight is 439 g/mol. The van der Waals surface area contributed by atoms with Gasteiger partial charge >= 0.3 is 0 Å². The summed E-state index contributed by atoms with van der Waals surface area (Å²) in [6.45, 7) is 13.0. The standard InChI is InChI=1S/C26H30BrN/c1-25(2,3)19-14-15-20(22(16-19)26(4,5)6)17-10-12-18(13-11-17)21-8-7-9-23(27)24(21)28/h7-16H,28H2,1-6H3/i10D,12D,13D. The van der Waals surface area contributed by atoms with Gasteiger partial charge in [0.25, 0.3) is 0 Å². The third kappa shape index (κ3) is 4.17. The topological polar surface area (TPSA) is 26.0 Å². The van der Waals surface area contributed by atoms with Crippen molar-refractivity contribution in [2.24, 2.45) is 0 Å². The second-order valence-electron chi connectivity index (χ2n) is 9.29. The molecule has 0 spiro atoms. The van der Waals surface area contributed by atoms with Gasteiger partial charge in [-0.3, -0.25) is 0 Å². The van der Waals surface area contributed by atoms with E-state index in [1.165, 1.54) is 5.56 Å². The second-order valence-corrected chi connectivity index (χ2v) is 10.1. The zero-order valence-corrected chi connectivity index (χ0v) is 19.1. The van der Waals surface area contributed by atoms with Crippen LogP contribution in [-0.4, -0.2) is 0 Å². The number of rotatable bonds is 2. The molecule has 2 N–H and O–H groups in total. The van der Waals surface area contributed by atoms with Gasteiger partial charge in [-0.2, -0.15) is 0 Å². The van der Waals surface area contributed by atoms with Crippen LogP contribution in [0.3, 0.4) is 0 Å². The molecule has 2 heteroatoms. The zero-order chi connectivity index (χ0) is 23.3. The molecule has 0 fully saturated rings. The lowest BCUT2D eigenvalue weighted by Crippen LogP contribution is -2.17. The van der Waals surface area contributed by atoms with E-state index in [0.717, 1.165) is 11.1 Å². The molecule has 0 aliphatic heterocycles. The number of hydrogen-bond donors (Lipinski definition) is 1. The Labute approximate surface area is 182 Å². The van der Waals surface area contributed by atoms with Gasteiger partial charge in [0.15, 0.2) is 0 Å². The molecule has 0 aliphatic rings. The van der Waals surface area contributed by atoms with Crippen molar-refractivity contribution in [2.75, 3.05) is 5.73 Å². The minimum absolute atomic E-state index is 0.00553. The molecule has 0 amide bonds. The van der Waals surface area contributed by atoms with Crippen molar-refractivity contribution in [3.8, 4) is 22.3 Å². The molecule has 3 rings (SSSR count). The van der Waals surface area contributed by atoms with Gasteiger partial charge < -0.3 is 5.73 Å². The van der Waals surface area contributed by atoms with Gasteiger partial charge in [0.05, 0.1) is 9.80 Å². The van der Waals surface area contributed by atoms with Crippen molar-refractivity contribution in [1.82, 2.24) is 0 Å². The monoisotopic (exact) mass is 438 g/mol. The molecular weight excluding hydrogens is 406 g/mol. The third-order valence-electron chi connectivity index (χ3n) is 4.99. The first kappa shape index (κ1) is 16.9. The molecule has 28 heavy (non-hydrogen) atoms. The Balaban J connectivity index is 2.30. The fraction of sp³-hybridized carbons (Fsp3) is 0.308. The third-order valence-corrected chi connectivity index (χ3v) is 5.68. The number of nitrogens with two attached hydrogens (primary N) is 1. The Morgan fingerprint density at radius 3 is 2.11 bits per heavy atom. The predicted octanol–water partition coefficient (Wildman–Crippen LogP) is 7.96. The van der Waals surface area contributed by atoms with Gasteiger partial charge in [-0.1, -0.05) is 96.1 Å². The normalized spacial score (nSPS) is 13.8. The largest absolute Gasteiger partial charge is 0.397 e. The summed E-state index contributed by atoms with van der Waals surface area (Å²) >= 11 is 3.42. The van der Waals surface area contributed by atoms with Gasteiger partial charge in [-0.05, 0) is 60.6 Å². The Morgan fingerprint density at radius 1 is 0.786 bits per heavy atom. The first-order valence-corrected chi connectivity index (χ1v) is 10.3. The van der Waals surface area contributed by atoms with Crippen molar-refractivity contribution in [3.63, 3.8) is 0 Å². The molecule has 1 nitrogen and oxygen atoms in total. The first-order valence-electron chi connectivity index (χ1n) is 11.0. The Morgan fingerprint density at radius 2 is 1.46 bits per heavy atom. The quantitative estimate of drug-likeness (QED) is 0.403. The summed E-state index contributed by atoms with van der Waals surface area (Å²) < 4.78 is 26.9. The van der Waals surface area contributed by atoms with Crippen LogP contribution < -0.4 is 5.73 Å². The Hall–Kier alpha value is -2.06. The summed E-state index contributed by atoms with van der Waals surface area (Å²) in [6.07, 6.45) is 0. The van der Waals surface area contributed by atoms with Crippen LogP contribution in [0.2, 0.25) is 0 Å². The number of halogens is 1. The van der Waals surface area contributed by atoms with Crippen molar-refractivity contribution >= 4 is 21.6 Å². The molecular formula is C26H30BrN. The highest BCUT2D eigenvalue weighted by Crippen LogP contribution is 2.38. The number of benzene rings is 3. The van der Waals surface area contributed by atoms with E-state index in [0.29, 0.717) is 26.9 Å². The second kappa shape index (κ2) is 7.40. The van der Waals surface area contributed by atoms with Crippen molar-refractivity contribution < 1.29 is 4.11 Å². The highest BCUT2D eigenvalue weighted by molar-refractivity contribution is 9.10. The van der Waals surface area contributed by atoms with Crippen LogP contribution in [0.15, 0.2) is 65.1 Å². The lowest BCUT2D eigenvalue weighted by molar-refractivity contribution is 0.570. The van der Waals surface area contributed by atoms with E-state index < -0.39 is 0 Å². The van der Waals surface area contributed by atoms with Crippen LogP contribution >= 0.6 is 15.9 Å². The smallest absolute Gasteiger partial charge is 0.0629 e. The Kier molecular flexibility index (Phi) is 4.46. The van der Waals surface area contributed by atoms with Gasteiger partial charge in [0.1, 0.15) is 0 Å². The summed E-state index contributed by atoms with van der Waals surface area (Å²) in [5.74, 6) is 0.